The molecular weight excluding hydrogens is 404 g/mol. The fraction of sp³-hybridized carbons (Fsp3) is 0.167. The van der Waals surface area contributed by atoms with Gasteiger partial charge in [-0.3, -0.25) is 15.0 Å². The summed E-state index contributed by atoms with van der Waals surface area (Å²) >= 11 is 5.81. The molecule has 0 aromatic carbocycles. The van der Waals surface area contributed by atoms with Crippen LogP contribution in [0, 0.1) is 6.92 Å². The van der Waals surface area contributed by atoms with Gasteiger partial charge in [0.25, 0.3) is 0 Å². The lowest BCUT2D eigenvalue weighted by molar-refractivity contribution is 0.301. The lowest BCUT2D eigenvalue weighted by Gasteiger charge is -2.29. The maximum atomic E-state index is 5.81. The lowest BCUT2D eigenvalue weighted by atomic mass is 10.0. The summed E-state index contributed by atoms with van der Waals surface area (Å²) in [5, 5.41) is 4.23. The largest absolute Gasteiger partial charge is 0.352 e. The fourth-order valence-electron chi connectivity index (χ4n) is 4.21. The molecular formula is C24H22N6S. The van der Waals surface area contributed by atoms with Crippen molar-refractivity contribution in [1.29, 1.82) is 0 Å². The molecule has 5 heterocycles. The van der Waals surface area contributed by atoms with E-state index in [0.717, 1.165) is 28.3 Å². The van der Waals surface area contributed by atoms with E-state index in [1.807, 2.05) is 48.9 Å². The SMILES string of the molecule is Cc1ccc([C@@H]2[C@@H](c3ccccn3)NC(=S)N2Cc2cccnc2)n1-c1cccnc1. The number of hydrogen-bond acceptors (Lipinski definition) is 4. The minimum Gasteiger partial charge on any atom is -0.352 e. The second kappa shape index (κ2) is 8.28. The number of rotatable bonds is 5. The third-order valence-corrected chi connectivity index (χ3v) is 5.94. The van der Waals surface area contributed by atoms with Gasteiger partial charge in [0.05, 0.1) is 29.7 Å². The summed E-state index contributed by atoms with van der Waals surface area (Å²) in [6, 6.07) is 18.3. The number of nitrogens with zero attached hydrogens (tertiary/aromatic N) is 5. The highest BCUT2D eigenvalue weighted by Crippen LogP contribution is 2.40. The molecule has 1 saturated heterocycles. The first-order valence-corrected chi connectivity index (χ1v) is 10.6. The molecule has 5 rings (SSSR count). The number of thiocarbonyl (C=S) groups is 1. The Balaban J connectivity index is 1.63. The summed E-state index contributed by atoms with van der Waals surface area (Å²) in [5.41, 5.74) is 5.37. The van der Waals surface area contributed by atoms with Crippen molar-refractivity contribution < 1.29 is 0 Å². The maximum Gasteiger partial charge on any atom is 0.170 e. The normalized spacial score (nSPS) is 18.2. The van der Waals surface area contributed by atoms with E-state index in [-0.39, 0.29) is 12.1 Å². The average molecular weight is 427 g/mol. The third kappa shape index (κ3) is 3.68. The number of pyridine rings is 3. The highest BCUT2D eigenvalue weighted by molar-refractivity contribution is 7.80. The summed E-state index contributed by atoms with van der Waals surface area (Å²) in [6.45, 7) is 2.77. The number of hydrogen-bond donors (Lipinski definition) is 1. The van der Waals surface area contributed by atoms with Crippen LogP contribution < -0.4 is 5.32 Å². The second-order valence-electron chi connectivity index (χ2n) is 7.56. The zero-order valence-corrected chi connectivity index (χ0v) is 17.9. The molecule has 0 spiro atoms. The van der Waals surface area contributed by atoms with Crippen molar-refractivity contribution in [2.75, 3.05) is 0 Å². The molecule has 6 nitrogen and oxygen atoms in total. The van der Waals surface area contributed by atoms with Crippen LogP contribution in [0.25, 0.3) is 5.69 Å². The number of aryl methyl sites for hydroxylation is 1. The van der Waals surface area contributed by atoms with Crippen LogP contribution in [0.5, 0.6) is 0 Å². The lowest BCUT2D eigenvalue weighted by Crippen LogP contribution is -2.30. The molecule has 4 aromatic rings. The van der Waals surface area contributed by atoms with Crippen LogP contribution in [0.15, 0.2) is 85.6 Å². The molecule has 1 fully saturated rings. The van der Waals surface area contributed by atoms with Gasteiger partial charge in [-0.2, -0.15) is 0 Å². The molecule has 0 amide bonds. The third-order valence-electron chi connectivity index (χ3n) is 5.59. The minimum absolute atomic E-state index is 0.0449. The molecule has 0 radical (unpaired) electrons. The molecule has 154 valence electrons. The molecule has 7 heteroatoms. The number of aromatic nitrogens is 4. The van der Waals surface area contributed by atoms with E-state index >= 15 is 0 Å². The molecule has 0 bridgehead atoms. The van der Waals surface area contributed by atoms with Gasteiger partial charge in [-0.25, -0.2) is 0 Å². The number of nitrogens with one attached hydrogen (secondary N) is 1. The first-order chi connectivity index (χ1) is 15.2. The van der Waals surface area contributed by atoms with Gasteiger partial charge in [-0.15, -0.1) is 0 Å². The van der Waals surface area contributed by atoms with E-state index in [1.165, 1.54) is 0 Å². The van der Waals surface area contributed by atoms with Gasteiger partial charge in [0.15, 0.2) is 5.11 Å². The van der Waals surface area contributed by atoms with E-state index in [4.69, 9.17) is 12.2 Å². The molecule has 1 aliphatic rings. The van der Waals surface area contributed by atoms with Crippen molar-refractivity contribution >= 4 is 17.3 Å². The Hall–Kier alpha value is -3.58. The van der Waals surface area contributed by atoms with Crippen molar-refractivity contribution in [2.45, 2.75) is 25.6 Å². The van der Waals surface area contributed by atoms with Crippen molar-refractivity contribution in [3.05, 3.63) is 108 Å². The Morgan fingerprint density at radius 2 is 1.77 bits per heavy atom. The summed E-state index contributed by atoms with van der Waals surface area (Å²) in [6.07, 6.45) is 9.18. The molecule has 0 aliphatic carbocycles. The topological polar surface area (TPSA) is 58.9 Å². The van der Waals surface area contributed by atoms with E-state index in [9.17, 15) is 0 Å². The van der Waals surface area contributed by atoms with Gasteiger partial charge in [-0.1, -0.05) is 12.1 Å². The monoisotopic (exact) mass is 426 g/mol. The Labute approximate surface area is 186 Å². The van der Waals surface area contributed by atoms with Crippen LogP contribution in [0.3, 0.4) is 0 Å². The molecule has 0 saturated carbocycles. The van der Waals surface area contributed by atoms with Crippen molar-refractivity contribution in [3.63, 3.8) is 0 Å². The molecule has 1 aliphatic heterocycles. The van der Waals surface area contributed by atoms with Gasteiger partial charge in [0.1, 0.15) is 0 Å². The Bertz CT molecular complexity index is 1180. The highest BCUT2D eigenvalue weighted by Gasteiger charge is 2.41. The second-order valence-corrected chi connectivity index (χ2v) is 7.95. The predicted molar refractivity (Wildman–Crippen MR) is 124 cm³/mol. The van der Waals surface area contributed by atoms with Crippen LogP contribution in [0.1, 0.15) is 34.7 Å². The van der Waals surface area contributed by atoms with Crippen LogP contribution in [-0.4, -0.2) is 29.5 Å². The Morgan fingerprint density at radius 3 is 2.48 bits per heavy atom. The van der Waals surface area contributed by atoms with Crippen molar-refractivity contribution in [2.24, 2.45) is 0 Å². The highest BCUT2D eigenvalue weighted by atomic mass is 32.1. The first-order valence-electron chi connectivity index (χ1n) is 10.2. The molecule has 4 aromatic heterocycles. The van der Waals surface area contributed by atoms with Crippen LogP contribution in [0.2, 0.25) is 0 Å². The average Bonchev–Trinajstić information content (AvgIpc) is 3.35. The zero-order chi connectivity index (χ0) is 21.2. The Morgan fingerprint density at radius 1 is 0.935 bits per heavy atom. The summed E-state index contributed by atoms with van der Waals surface area (Å²) in [5.74, 6) is 0. The van der Waals surface area contributed by atoms with Gasteiger partial charge in [0.2, 0.25) is 0 Å². The molecule has 1 N–H and O–H groups in total. The van der Waals surface area contributed by atoms with E-state index < -0.39 is 0 Å². The standard InChI is InChI=1S/C24H22N6S/c1-17-9-10-21(30(17)19-7-5-12-26-15-19)23-22(20-8-2-3-13-27-20)28-24(31)29(23)16-18-6-4-11-25-14-18/h2-15,22-23H,16H2,1H3,(H,28,31)/t22-,23-/m1/s1. The van der Waals surface area contributed by atoms with Gasteiger partial charge >= 0.3 is 0 Å². The van der Waals surface area contributed by atoms with E-state index in [1.54, 1.807) is 12.4 Å². The summed E-state index contributed by atoms with van der Waals surface area (Å²) in [4.78, 5) is 15.5. The zero-order valence-electron chi connectivity index (χ0n) is 17.1. The van der Waals surface area contributed by atoms with Gasteiger partial charge in [-0.05, 0) is 67.2 Å². The smallest absolute Gasteiger partial charge is 0.170 e. The van der Waals surface area contributed by atoms with Crippen molar-refractivity contribution in [1.82, 2.24) is 29.7 Å². The Kier molecular flexibility index (Phi) is 5.18. The molecule has 2 atom stereocenters. The van der Waals surface area contributed by atoms with Crippen LogP contribution in [-0.2, 0) is 6.54 Å². The first kappa shape index (κ1) is 19.4. The van der Waals surface area contributed by atoms with E-state index in [2.05, 4.69) is 60.9 Å². The molecule has 31 heavy (non-hydrogen) atoms. The van der Waals surface area contributed by atoms with Gasteiger partial charge in [0, 0.05) is 42.7 Å². The van der Waals surface area contributed by atoms with E-state index in [0.29, 0.717) is 11.7 Å². The van der Waals surface area contributed by atoms with Crippen LogP contribution >= 0.6 is 12.2 Å². The summed E-state index contributed by atoms with van der Waals surface area (Å²) < 4.78 is 2.25. The summed E-state index contributed by atoms with van der Waals surface area (Å²) in [7, 11) is 0. The van der Waals surface area contributed by atoms with Crippen molar-refractivity contribution in [3.8, 4) is 5.69 Å². The fourth-order valence-corrected chi connectivity index (χ4v) is 4.52. The molecule has 0 unspecified atom stereocenters. The maximum absolute atomic E-state index is 5.81. The predicted octanol–water partition coefficient (Wildman–Crippen LogP) is 4.14. The minimum atomic E-state index is -0.0740. The van der Waals surface area contributed by atoms with Crippen LogP contribution in [0.4, 0.5) is 0 Å². The van der Waals surface area contributed by atoms with Gasteiger partial charge < -0.3 is 14.8 Å². The quantitative estimate of drug-likeness (QED) is 0.484.